The highest BCUT2D eigenvalue weighted by atomic mass is 16.5. The van der Waals surface area contributed by atoms with Crippen LogP contribution >= 0.6 is 0 Å². The van der Waals surface area contributed by atoms with Crippen molar-refractivity contribution in [3.63, 3.8) is 0 Å². The Morgan fingerprint density at radius 3 is 2.82 bits per heavy atom. The minimum atomic E-state index is -0.0762. The topological polar surface area (TPSA) is 56.1 Å². The number of nitrogens with one attached hydrogen (secondary N) is 1. The zero-order chi connectivity index (χ0) is 12.8. The first-order valence-corrected chi connectivity index (χ1v) is 5.79. The maximum absolute atomic E-state index is 11.2. The Kier molecular flexibility index (Phi) is 5.15. The molecule has 0 bridgehead atoms. The van der Waals surface area contributed by atoms with Gasteiger partial charge in [-0.1, -0.05) is 6.92 Å². The number of amides is 1. The monoisotopic (exact) mass is 239 g/mol. The Morgan fingerprint density at radius 1 is 1.59 bits per heavy atom. The molecule has 1 aromatic rings. The van der Waals surface area contributed by atoms with Gasteiger partial charge in [0.25, 0.3) is 0 Å². The molecule has 0 saturated heterocycles. The molecular weight excluding hydrogens is 218 g/mol. The summed E-state index contributed by atoms with van der Waals surface area (Å²) in [6, 6.07) is 2.05. The number of carbonyl (C=O) groups is 1. The number of aromatic nitrogens is 2. The lowest BCUT2D eigenvalue weighted by Crippen LogP contribution is -2.32. The highest BCUT2D eigenvalue weighted by molar-refractivity contribution is 5.77. The Morgan fingerprint density at radius 2 is 2.29 bits per heavy atom. The van der Waals surface area contributed by atoms with Crippen molar-refractivity contribution in [3.8, 4) is 0 Å². The van der Waals surface area contributed by atoms with Crippen molar-refractivity contribution in [1.29, 1.82) is 0 Å². The molecule has 1 rings (SSSR count). The zero-order valence-electron chi connectivity index (χ0n) is 11.0. The molecule has 1 unspecified atom stereocenters. The lowest BCUT2D eigenvalue weighted by molar-refractivity contribution is -0.124. The van der Waals surface area contributed by atoms with Gasteiger partial charge in [-0.2, -0.15) is 5.10 Å². The highest BCUT2D eigenvalue weighted by Crippen LogP contribution is 2.05. The van der Waals surface area contributed by atoms with Gasteiger partial charge in [-0.25, -0.2) is 0 Å². The van der Waals surface area contributed by atoms with E-state index >= 15 is 0 Å². The van der Waals surface area contributed by atoms with Gasteiger partial charge in [0.1, 0.15) is 6.61 Å². The second-order valence-electron chi connectivity index (χ2n) is 4.45. The maximum atomic E-state index is 11.2. The van der Waals surface area contributed by atoms with Crippen molar-refractivity contribution in [1.82, 2.24) is 15.1 Å². The number of carbonyl (C=O) groups excluding carboxylic acids is 1. The van der Waals surface area contributed by atoms with E-state index in [1.54, 1.807) is 0 Å². The number of rotatable bonds is 6. The molecule has 5 nitrogen and oxygen atoms in total. The fourth-order valence-electron chi connectivity index (χ4n) is 1.69. The van der Waals surface area contributed by atoms with Crippen molar-refractivity contribution >= 4 is 5.91 Å². The first kappa shape index (κ1) is 13.7. The van der Waals surface area contributed by atoms with E-state index in [1.165, 1.54) is 7.11 Å². The minimum Gasteiger partial charge on any atom is -0.375 e. The molecule has 0 aliphatic heterocycles. The molecule has 0 radical (unpaired) electrons. The third-order valence-corrected chi connectivity index (χ3v) is 2.51. The van der Waals surface area contributed by atoms with Gasteiger partial charge >= 0.3 is 0 Å². The summed E-state index contributed by atoms with van der Waals surface area (Å²) in [7, 11) is 1.51. The van der Waals surface area contributed by atoms with E-state index in [0.717, 1.165) is 17.9 Å². The van der Waals surface area contributed by atoms with Gasteiger partial charge in [0.2, 0.25) is 5.91 Å². The lowest BCUT2D eigenvalue weighted by atomic mass is 10.2. The summed E-state index contributed by atoms with van der Waals surface area (Å²) in [5, 5.41) is 7.22. The van der Waals surface area contributed by atoms with Gasteiger partial charge in [0.15, 0.2) is 0 Å². The zero-order valence-corrected chi connectivity index (χ0v) is 11.0. The number of methoxy groups -OCH3 is 1. The Labute approximate surface area is 102 Å². The number of aryl methyl sites for hydroxylation is 2. The molecule has 0 aromatic carbocycles. The molecule has 1 N–H and O–H groups in total. The summed E-state index contributed by atoms with van der Waals surface area (Å²) in [5.74, 6) is 0.265. The summed E-state index contributed by atoms with van der Waals surface area (Å²) in [6.07, 6.45) is 0. The third-order valence-electron chi connectivity index (χ3n) is 2.51. The summed E-state index contributed by atoms with van der Waals surface area (Å²) in [5.41, 5.74) is 2.18. The van der Waals surface area contributed by atoms with Gasteiger partial charge in [0, 0.05) is 25.9 Å². The maximum Gasteiger partial charge on any atom is 0.245 e. The van der Waals surface area contributed by atoms with E-state index < -0.39 is 0 Å². The second kappa shape index (κ2) is 6.39. The molecule has 17 heavy (non-hydrogen) atoms. The van der Waals surface area contributed by atoms with E-state index in [9.17, 15) is 4.79 Å². The predicted molar refractivity (Wildman–Crippen MR) is 65.8 cm³/mol. The smallest absolute Gasteiger partial charge is 0.245 e. The van der Waals surface area contributed by atoms with Crippen molar-refractivity contribution < 1.29 is 9.53 Å². The molecule has 1 heterocycles. The van der Waals surface area contributed by atoms with Crippen LogP contribution in [-0.4, -0.2) is 35.9 Å². The number of hydrogen-bond donors (Lipinski definition) is 1. The molecule has 1 amide bonds. The van der Waals surface area contributed by atoms with Gasteiger partial charge < -0.3 is 10.1 Å². The van der Waals surface area contributed by atoms with Crippen molar-refractivity contribution in [2.45, 2.75) is 27.3 Å². The molecule has 0 aliphatic rings. The minimum absolute atomic E-state index is 0.0762. The standard InChI is InChI=1S/C12H21N3O2/c1-9(6-13-12(16)8-17-4)7-15-11(3)5-10(2)14-15/h5,9H,6-8H2,1-4H3,(H,13,16). The summed E-state index contributed by atoms with van der Waals surface area (Å²) in [6.45, 7) is 7.67. The van der Waals surface area contributed by atoms with Crippen LogP contribution in [0.2, 0.25) is 0 Å². The van der Waals surface area contributed by atoms with Crippen LogP contribution < -0.4 is 5.32 Å². The molecule has 1 atom stereocenters. The lowest BCUT2D eigenvalue weighted by Gasteiger charge is -2.13. The fourth-order valence-corrected chi connectivity index (χ4v) is 1.69. The molecule has 0 aliphatic carbocycles. The van der Waals surface area contributed by atoms with Crippen LogP contribution in [0.4, 0.5) is 0 Å². The largest absolute Gasteiger partial charge is 0.375 e. The predicted octanol–water partition coefficient (Wildman–Crippen LogP) is 0.899. The van der Waals surface area contributed by atoms with Gasteiger partial charge in [-0.15, -0.1) is 0 Å². The van der Waals surface area contributed by atoms with Gasteiger partial charge in [-0.3, -0.25) is 9.48 Å². The molecule has 0 spiro atoms. The van der Waals surface area contributed by atoms with Crippen LogP contribution in [0, 0.1) is 19.8 Å². The van der Waals surface area contributed by atoms with Crippen LogP contribution in [0.15, 0.2) is 6.07 Å². The first-order valence-electron chi connectivity index (χ1n) is 5.79. The number of nitrogens with zero attached hydrogens (tertiary/aromatic N) is 2. The van der Waals surface area contributed by atoms with Crippen LogP contribution in [0.1, 0.15) is 18.3 Å². The van der Waals surface area contributed by atoms with E-state index in [2.05, 4.69) is 23.4 Å². The quantitative estimate of drug-likeness (QED) is 0.802. The molecule has 0 saturated carbocycles. The van der Waals surface area contributed by atoms with Gasteiger partial charge in [-0.05, 0) is 25.8 Å². The average Bonchev–Trinajstić information content (AvgIpc) is 2.55. The Balaban J connectivity index is 2.37. The van der Waals surface area contributed by atoms with Crippen molar-refractivity contribution in [2.24, 2.45) is 5.92 Å². The van der Waals surface area contributed by atoms with Crippen molar-refractivity contribution in [3.05, 3.63) is 17.5 Å². The summed E-state index contributed by atoms with van der Waals surface area (Å²) >= 11 is 0. The summed E-state index contributed by atoms with van der Waals surface area (Å²) < 4.78 is 6.72. The van der Waals surface area contributed by atoms with E-state index in [0.29, 0.717) is 12.5 Å². The Bertz CT molecular complexity index is 374. The Hall–Kier alpha value is -1.36. The van der Waals surface area contributed by atoms with Crippen LogP contribution in [0.3, 0.4) is 0 Å². The normalized spacial score (nSPS) is 12.5. The van der Waals surface area contributed by atoms with E-state index in [4.69, 9.17) is 4.74 Å². The van der Waals surface area contributed by atoms with E-state index in [-0.39, 0.29) is 12.5 Å². The highest BCUT2D eigenvalue weighted by Gasteiger charge is 2.08. The third kappa shape index (κ3) is 4.56. The SMILES string of the molecule is COCC(=O)NCC(C)Cn1nc(C)cc1C. The van der Waals surface area contributed by atoms with E-state index in [1.807, 2.05) is 18.5 Å². The molecule has 5 heteroatoms. The van der Waals surface area contributed by atoms with Crippen LogP contribution in [-0.2, 0) is 16.1 Å². The average molecular weight is 239 g/mol. The second-order valence-corrected chi connectivity index (χ2v) is 4.45. The first-order chi connectivity index (χ1) is 8.02. The molecule has 96 valence electrons. The number of ether oxygens (including phenoxy) is 1. The molecular formula is C12H21N3O2. The van der Waals surface area contributed by atoms with Crippen molar-refractivity contribution in [2.75, 3.05) is 20.3 Å². The fraction of sp³-hybridized carbons (Fsp3) is 0.667. The molecule has 1 aromatic heterocycles. The summed E-state index contributed by atoms with van der Waals surface area (Å²) in [4.78, 5) is 11.2. The van der Waals surface area contributed by atoms with Gasteiger partial charge in [0.05, 0.1) is 5.69 Å². The van der Waals surface area contributed by atoms with Crippen LogP contribution in [0.25, 0.3) is 0 Å². The number of hydrogen-bond acceptors (Lipinski definition) is 3. The molecule has 0 fully saturated rings. The van der Waals surface area contributed by atoms with Crippen LogP contribution in [0.5, 0.6) is 0 Å².